The molecule has 0 aliphatic rings. The van der Waals surface area contributed by atoms with Gasteiger partial charge in [0.25, 0.3) is 0 Å². The second-order valence-corrected chi connectivity index (χ2v) is 7.66. The van der Waals surface area contributed by atoms with Crippen LogP contribution in [-0.2, 0) is 11.2 Å². The van der Waals surface area contributed by atoms with Crippen molar-refractivity contribution in [3.05, 3.63) is 35.4 Å². The molecule has 0 saturated heterocycles. The maximum Gasteiger partial charge on any atom is 0.220 e. The molecular weight excluding hydrogens is 246 g/mol. The molecule has 2 heteroatoms. The third-order valence-corrected chi connectivity index (χ3v) is 3.17. The number of hydrogen-bond acceptors (Lipinski definition) is 1. The zero-order valence-electron chi connectivity index (χ0n) is 13.8. The molecule has 2 nitrogen and oxygen atoms in total. The SMILES string of the molecule is Cc1cccc(CCC(=O)NC(C)(C)CC(C)(C)C)c1. The first-order chi connectivity index (χ1) is 9.07. The molecule has 1 aromatic rings. The van der Waals surface area contributed by atoms with Crippen LogP contribution in [0.15, 0.2) is 24.3 Å². The van der Waals surface area contributed by atoms with Crippen molar-refractivity contribution in [2.75, 3.05) is 0 Å². The van der Waals surface area contributed by atoms with Crippen molar-refractivity contribution in [1.29, 1.82) is 0 Å². The van der Waals surface area contributed by atoms with Gasteiger partial charge in [0.1, 0.15) is 0 Å². The molecule has 1 amide bonds. The molecule has 20 heavy (non-hydrogen) atoms. The first-order valence-corrected chi connectivity index (χ1v) is 7.44. The highest BCUT2D eigenvalue weighted by Crippen LogP contribution is 2.26. The predicted octanol–water partition coefficient (Wildman–Crippen LogP) is 4.26. The van der Waals surface area contributed by atoms with Crippen molar-refractivity contribution in [3.63, 3.8) is 0 Å². The highest BCUT2D eigenvalue weighted by molar-refractivity contribution is 5.77. The van der Waals surface area contributed by atoms with E-state index in [2.05, 4.69) is 65.1 Å². The first kappa shape index (κ1) is 16.7. The fourth-order valence-electron chi connectivity index (χ4n) is 2.94. The summed E-state index contributed by atoms with van der Waals surface area (Å²) in [6.45, 7) is 12.9. The van der Waals surface area contributed by atoms with E-state index in [0.717, 1.165) is 12.8 Å². The Kier molecular flexibility index (Phi) is 5.38. The summed E-state index contributed by atoms with van der Waals surface area (Å²) in [5.41, 5.74) is 2.54. The van der Waals surface area contributed by atoms with Gasteiger partial charge in [0, 0.05) is 12.0 Å². The van der Waals surface area contributed by atoms with Crippen molar-refractivity contribution in [3.8, 4) is 0 Å². The van der Waals surface area contributed by atoms with Crippen LogP contribution in [0.2, 0.25) is 0 Å². The van der Waals surface area contributed by atoms with Crippen LogP contribution < -0.4 is 5.32 Å². The monoisotopic (exact) mass is 275 g/mol. The van der Waals surface area contributed by atoms with Crippen LogP contribution in [0.25, 0.3) is 0 Å². The molecule has 1 rings (SSSR count). The van der Waals surface area contributed by atoms with E-state index in [-0.39, 0.29) is 16.9 Å². The molecule has 0 aliphatic heterocycles. The lowest BCUT2D eigenvalue weighted by molar-refractivity contribution is -0.122. The molecule has 0 heterocycles. The Morgan fingerprint density at radius 3 is 2.35 bits per heavy atom. The molecule has 1 aromatic carbocycles. The van der Waals surface area contributed by atoms with E-state index < -0.39 is 0 Å². The van der Waals surface area contributed by atoms with Gasteiger partial charge in [-0.2, -0.15) is 0 Å². The number of carbonyl (C=O) groups is 1. The molecular formula is C18H29NO. The van der Waals surface area contributed by atoms with Gasteiger partial charge in [-0.05, 0) is 44.6 Å². The topological polar surface area (TPSA) is 29.1 Å². The number of nitrogens with one attached hydrogen (secondary N) is 1. The van der Waals surface area contributed by atoms with Gasteiger partial charge in [-0.3, -0.25) is 4.79 Å². The summed E-state index contributed by atoms with van der Waals surface area (Å²) >= 11 is 0. The van der Waals surface area contributed by atoms with Crippen LogP contribution in [0.4, 0.5) is 0 Å². The molecule has 112 valence electrons. The highest BCUT2D eigenvalue weighted by Gasteiger charge is 2.26. The fourth-order valence-corrected chi connectivity index (χ4v) is 2.94. The Hall–Kier alpha value is -1.31. The maximum absolute atomic E-state index is 12.1. The maximum atomic E-state index is 12.1. The van der Waals surface area contributed by atoms with Crippen molar-refractivity contribution < 1.29 is 4.79 Å². The predicted molar refractivity (Wildman–Crippen MR) is 85.8 cm³/mol. The van der Waals surface area contributed by atoms with Gasteiger partial charge in [-0.1, -0.05) is 50.6 Å². The molecule has 0 saturated carbocycles. The van der Waals surface area contributed by atoms with E-state index >= 15 is 0 Å². The Balaban J connectivity index is 2.47. The molecule has 0 unspecified atom stereocenters. The zero-order chi connectivity index (χ0) is 15.4. The molecule has 0 spiro atoms. The summed E-state index contributed by atoms with van der Waals surface area (Å²) in [6.07, 6.45) is 2.33. The van der Waals surface area contributed by atoms with Crippen LogP contribution in [-0.4, -0.2) is 11.4 Å². The van der Waals surface area contributed by atoms with E-state index in [1.807, 2.05) is 6.07 Å². The van der Waals surface area contributed by atoms with Crippen LogP contribution in [0.3, 0.4) is 0 Å². The number of amides is 1. The van der Waals surface area contributed by atoms with E-state index in [0.29, 0.717) is 6.42 Å². The smallest absolute Gasteiger partial charge is 0.220 e. The summed E-state index contributed by atoms with van der Waals surface area (Å²) in [4.78, 5) is 12.1. The Bertz CT molecular complexity index is 455. The lowest BCUT2D eigenvalue weighted by atomic mass is 9.81. The van der Waals surface area contributed by atoms with Gasteiger partial charge in [-0.25, -0.2) is 0 Å². The number of hydrogen-bond donors (Lipinski definition) is 1. The summed E-state index contributed by atoms with van der Waals surface area (Å²) in [6, 6.07) is 8.36. The van der Waals surface area contributed by atoms with Crippen LogP contribution in [0.5, 0.6) is 0 Å². The van der Waals surface area contributed by atoms with Gasteiger partial charge in [0.2, 0.25) is 5.91 Å². The van der Waals surface area contributed by atoms with Crippen LogP contribution in [0, 0.1) is 12.3 Å². The number of benzene rings is 1. The lowest BCUT2D eigenvalue weighted by Gasteiger charge is -2.33. The van der Waals surface area contributed by atoms with Gasteiger partial charge in [-0.15, -0.1) is 0 Å². The van der Waals surface area contributed by atoms with Crippen molar-refractivity contribution in [2.24, 2.45) is 5.41 Å². The normalized spacial score (nSPS) is 12.3. The molecule has 0 radical (unpaired) electrons. The number of rotatable bonds is 5. The summed E-state index contributed by atoms with van der Waals surface area (Å²) in [5, 5.41) is 3.16. The first-order valence-electron chi connectivity index (χ1n) is 7.44. The Labute approximate surface area is 124 Å². The number of carbonyl (C=O) groups excluding carboxylic acids is 1. The largest absolute Gasteiger partial charge is 0.351 e. The minimum Gasteiger partial charge on any atom is -0.351 e. The van der Waals surface area contributed by atoms with E-state index in [9.17, 15) is 4.79 Å². The third-order valence-electron chi connectivity index (χ3n) is 3.17. The van der Waals surface area contributed by atoms with Gasteiger partial charge >= 0.3 is 0 Å². The lowest BCUT2D eigenvalue weighted by Crippen LogP contribution is -2.45. The summed E-state index contributed by atoms with van der Waals surface area (Å²) in [5.74, 6) is 0.140. The van der Waals surface area contributed by atoms with E-state index in [1.165, 1.54) is 11.1 Å². The number of aryl methyl sites for hydroxylation is 2. The summed E-state index contributed by atoms with van der Waals surface area (Å²) < 4.78 is 0. The summed E-state index contributed by atoms with van der Waals surface area (Å²) in [7, 11) is 0. The third kappa shape index (κ3) is 6.74. The molecule has 0 fully saturated rings. The Morgan fingerprint density at radius 1 is 1.15 bits per heavy atom. The molecule has 0 aliphatic carbocycles. The van der Waals surface area contributed by atoms with E-state index in [4.69, 9.17) is 0 Å². The molecule has 0 aromatic heterocycles. The van der Waals surface area contributed by atoms with Crippen molar-refractivity contribution in [1.82, 2.24) is 5.32 Å². The minimum atomic E-state index is -0.151. The van der Waals surface area contributed by atoms with Crippen molar-refractivity contribution >= 4 is 5.91 Å². The zero-order valence-corrected chi connectivity index (χ0v) is 13.8. The molecule has 0 bridgehead atoms. The second-order valence-electron chi connectivity index (χ2n) is 7.66. The minimum absolute atomic E-state index is 0.140. The van der Waals surface area contributed by atoms with Gasteiger partial charge in [0.15, 0.2) is 0 Å². The standard InChI is InChI=1S/C18H29NO/c1-14-8-7-9-15(12-14)10-11-16(20)19-18(5,6)13-17(2,3)4/h7-9,12H,10-11,13H2,1-6H3,(H,19,20). The van der Waals surface area contributed by atoms with Crippen molar-refractivity contribution in [2.45, 2.75) is 66.3 Å². The van der Waals surface area contributed by atoms with Crippen LogP contribution in [0.1, 0.15) is 58.6 Å². The molecule has 1 N–H and O–H groups in total. The quantitative estimate of drug-likeness (QED) is 0.854. The highest BCUT2D eigenvalue weighted by atomic mass is 16.1. The average Bonchev–Trinajstić information content (AvgIpc) is 2.22. The van der Waals surface area contributed by atoms with Crippen LogP contribution >= 0.6 is 0 Å². The average molecular weight is 275 g/mol. The Morgan fingerprint density at radius 2 is 1.80 bits per heavy atom. The molecule has 0 atom stereocenters. The van der Waals surface area contributed by atoms with Gasteiger partial charge in [0.05, 0.1) is 0 Å². The van der Waals surface area contributed by atoms with E-state index in [1.54, 1.807) is 0 Å². The fraction of sp³-hybridized carbons (Fsp3) is 0.611. The van der Waals surface area contributed by atoms with Gasteiger partial charge < -0.3 is 5.32 Å². The second kappa shape index (κ2) is 6.43.